The molecule has 1 rings (SSSR count). The molecule has 1 aromatic rings. The first-order valence-electron chi connectivity index (χ1n) is 7.11. The van der Waals surface area contributed by atoms with Crippen LogP contribution in [-0.2, 0) is 11.3 Å². The van der Waals surface area contributed by atoms with Gasteiger partial charge in [0.25, 0.3) is 0 Å². The number of ether oxygens (including phenoxy) is 2. The van der Waals surface area contributed by atoms with Crippen LogP contribution in [0.3, 0.4) is 0 Å². The number of nitrogens with one attached hydrogen (secondary N) is 1. The highest BCUT2D eigenvalue weighted by Crippen LogP contribution is 2.18. The largest absolute Gasteiger partial charge is 0.497 e. The molecule has 0 heterocycles. The third-order valence-electron chi connectivity index (χ3n) is 3.42. The Labute approximate surface area is 117 Å². The van der Waals surface area contributed by atoms with Crippen molar-refractivity contribution in [2.75, 3.05) is 20.2 Å². The van der Waals surface area contributed by atoms with Gasteiger partial charge in [-0.15, -0.1) is 0 Å². The van der Waals surface area contributed by atoms with Crippen molar-refractivity contribution in [3.05, 3.63) is 29.8 Å². The summed E-state index contributed by atoms with van der Waals surface area (Å²) in [5.74, 6) is 0.881. The first-order chi connectivity index (χ1) is 9.13. The van der Waals surface area contributed by atoms with E-state index < -0.39 is 0 Å². The summed E-state index contributed by atoms with van der Waals surface area (Å²) in [5, 5.41) is 3.44. The number of hydrogen-bond acceptors (Lipinski definition) is 3. The molecule has 1 unspecified atom stereocenters. The minimum absolute atomic E-state index is 0.102. The summed E-state index contributed by atoms with van der Waals surface area (Å²) in [5.41, 5.74) is 1.07. The normalized spacial score (nSPS) is 14.1. The number of hydrogen-bond donors (Lipinski definition) is 1. The Morgan fingerprint density at radius 3 is 2.37 bits per heavy atom. The predicted molar refractivity (Wildman–Crippen MR) is 79.6 cm³/mol. The van der Waals surface area contributed by atoms with E-state index in [2.05, 4.69) is 26.1 Å². The average Bonchev–Trinajstić information content (AvgIpc) is 2.46. The maximum Gasteiger partial charge on any atom is 0.118 e. The molecular formula is C16H27NO2. The maximum absolute atomic E-state index is 6.08. The fraction of sp³-hybridized carbons (Fsp3) is 0.625. The highest BCUT2D eigenvalue weighted by atomic mass is 16.5. The lowest BCUT2D eigenvalue weighted by molar-refractivity contribution is -0.0442. The summed E-state index contributed by atoms with van der Waals surface area (Å²) in [6.07, 6.45) is 2.15. The number of methoxy groups -OCH3 is 1. The molecule has 0 bridgehead atoms. The van der Waals surface area contributed by atoms with Crippen LogP contribution in [0.15, 0.2) is 24.3 Å². The van der Waals surface area contributed by atoms with Gasteiger partial charge in [0.1, 0.15) is 5.75 Å². The van der Waals surface area contributed by atoms with E-state index in [0.29, 0.717) is 6.61 Å². The molecular weight excluding hydrogens is 238 g/mol. The second-order valence-electron chi connectivity index (χ2n) is 5.12. The molecule has 1 atom stereocenters. The molecule has 0 aliphatic rings. The Balaban J connectivity index is 2.46. The van der Waals surface area contributed by atoms with Gasteiger partial charge in [0, 0.05) is 6.54 Å². The van der Waals surface area contributed by atoms with E-state index in [4.69, 9.17) is 9.47 Å². The Hall–Kier alpha value is -1.06. The molecule has 0 amide bonds. The summed E-state index contributed by atoms with van der Waals surface area (Å²) in [7, 11) is 1.68. The van der Waals surface area contributed by atoms with Gasteiger partial charge in [-0.2, -0.15) is 0 Å². The second kappa shape index (κ2) is 8.18. The smallest absolute Gasteiger partial charge is 0.118 e. The molecule has 0 aromatic heterocycles. The Morgan fingerprint density at radius 1 is 1.16 bits per heavy atom. The highest BCUT2D eigenvalue weighted by Gasteiger charge is 2.22. The second-order valence-corrected chi connectivity index (χ2v) is 5.12. The van der Waals surface area contributed by atoms with Crippen LogP contribution in [0.4, 0.5) is 0 Å². The zero-order valence-corrected chi connectivity index (χ0v) is 12.7. The zero-order valence-electron chi connectivity index (χ0n) is 12.7. The summed E-state index contributed by atoms with van der Waals surface area (Å²) in [6.45, 7) is 9.09. The van der Waals surface area contributed by atoms with Crippen LogP contribution >= 0.6 is 0 Å². The van der Waals surface area contributed by atoms with Crippen LogP contribution in [0.5, 0.6) is 5.75 Å². The van der Waals surface area contributed by atoms with Gasteiger partial charge in [-0.05, 0) is 44.0 Å². The monoisotopic (exact) mass is 265 g/mol. The molecule has 19 heavy (non-hydrogen) atoms. The topological polar surface area (TPSA) is 30.5 Å². The highest BCUT2D eigenvalue weighted by molar-refractivity contribution is 5.26. The molecule has 108 valence electrons. The van der Waals surface area contributed by atoms with E-state index in [0.717, 1.165) is 31.7 Å². The van der Waals surface area contributed by atoms with Crippen molar-refractivity contribution < 1.29 is 9.47 Å². The van der Waals surface area contributed by atoms with E-state index in [1.807, 2.05) is 24.3 Å². The van der Waals surface area contributed by atoms with Crippen molar-refractivity contribution >= 4 is 0 Å². The average molecular weight is 265 g/mol. The van der Waals surface area contributed by atoms with Gasteiger partial charge in [-0.3, -0.25) is 0 Å². The molecule has 0 radical (unpaired) electrons. The summed E-state index contributed by atoms with van der Waals surface area (Å²) in [4.78, 5) is 0. The van der Waals surface area contributed by atoms with E-state index in [9.17, 15) is 0 Å². The Bertz CT molecular complexity index is 350. The first kappa shape index (κ1) is 16.0. The summed E-state index contributed by atoms with van der Waals surface area (Å²) in [6, 6.07) is 8.04. The van der Waals surface area contributed by atoms with Crippen LogP contribution in [0, 0.1) is 0 Å². The quantitative estimate of drug-likeness (QED) is 0.694. The third-order valence-corrected chi connectivity index (χ3v) is 3.42. The minimum atomic E-state index is -0.102. The van der Waals surface area contributed by atoms with Gasteiger partial charge in [0.2, 0.25) is 0 Å². The van der Waals surface area contributed by atoms with Gasteiger partial charge >= 0.3 is 0 Å². The first-order valence-corrected chi connectivity index (χ1v) is 7.11. The summed E-state index contributed by atoms with van der Waals surface area (Å²) < 4.78 is 11.2. The van der Waals surface area contributed by atoms with Gasteiger partial charge in [0.05, 0.1) is 19.3 Å². The lowest BCUT2D eigenvalue weighted by Crippen LogP contribution is -2.40. The van der Waals surface area contributed by atoms with Gasteiger partial charge in [0.15, 0.2) is 0 Å². The fourth-order valence-electron chi connectivity index (χ4n) is 1.79. The van der Waals surface area contributed by atoms with E-state index in [1.165, 1.54) is 5.56 Å². The zero-order chi connectivity index (χ0) is 14.1. The van der Waals surface area contributed by atoms with Crippen molar-refractivity contribution in [1.82, 2.24) is 5.32 Å². The SMILES string of the molecule is CCCNCC(C)(CC)OCc1ccc(OC)cc1. The number of benzene rings is 1. The fourth-order valence-corrected chi connectivity index (χ4v) is 1.79. The molecule has 0 aliphatic carbocycles. The van der Waals surface area contributed by atoms with Crippen LogP contribution in [-0.4, -0.2) is 25.8 Å². The van der Waals surface area contributed by atoms with Gasteiger partial charge in [-0.25, -0.2) is 0 Å². The molecule has 3 heteroatoms. The van der Waals surface area contributed by atoms with Crippen molar-refractivity contribution in [3.8, 4) is 5.75 Å². The van der Waals surface area contributed by atoms with E-state index in [1.54, 1.807) is 7.11 Å². The van der Waals surface area contributed by atoms with Crippen LogP contribution < -0.4 is 10.1 Å². The molecule has 0 aliphatic heterocycles. The maximum atomic E-state index is 6.08. The van der Waals surface area contributed by atoms with Crippen molar-refractivity contribution in [2.24, 2.45) is 0 Å². The lowest BCUT2D eigenvalue weighted by atomic mass is 10.0. The Kier molecular flexibility index (Phi) is 6.89. The molecule has 0 saturated carbocycles. The van der Waals surface area contributed by atoms with Gasteiger partial charge in [-0.1, -0.05) is 26.0 Å². The lowest BCUT2D eigenvalue weighted by Gasteiger charge is -2.29. The molecule has 0 spiro atoms. The van der Waals surface area contributed by atoms with Crippen LogP contribution in [0.1, 0.15) is 39.2 Å². The standard InChI is InChI=1S/C16H27NO2/c1-5-11-17-13-16(3,6-2)19-12-14-7-9-15(18-4)10-8-14/h7-10,17H,5-6,11-13H2,1-4H3. The minimum Gasteiger partial charge on any atom is -0.497 e. The molecule has 0 saturated heterocycles. The summed E-state index contributed by atoms with van der Waals surface area (Å²) >= 11 is 0. The molecule has 0 fully saturated rings. The van der Waals surface area contributed by atoms with Crippen LogP contribution in [0.25, 0.3) is 0 Å². The van der Waals surface area contributed by atoms with Gasteiger partial charge < -0.3 is 14.8 Å². The van der Waals surface area contributed by atoms with E-state index >= 15 is 0 Å². The molecule has 1 N–H and O–H groups in total. The van der Waals surface area contributed by atoms with E-state index in [-0.39, 0.29) is 5.60 Å². The molecule has 1 aromatic carbocycles. The Morgan fingerprint density at radius 2 is 1.84 bits per heavy atom. The van der Waals surface area contributed by atoms with Crippen molar-refractivity contribution in [2.45, 2.75) is 45.8 Å². The van der Waals surface area contributed by atoms with Crippen LogP contribution in [0.2, 0.25) is 0 Å². The molecule has 3 nitrogen and oxygen atoms in total. The van der Waals surface area contributed by atoms with Crippen molar-refractivity contribution in [1.29, 1.82) is 0 Å². The third kappa shape index (κ3) is 5.62. The predicted octanol–water partition coefficient (Wildman–Crippen LogP) is 3.38. The number of rotatable bonds is 9. The van der Waals surface area contributed by atoms with Crippen molar-refractivity contribution in [3.63, 3.8) is 0 Å².